The lowest BCUT2D eigenvalue weighted by Gasteiger charge is -2.23. The molecule has 1 aliphatic rings. The molecule has 3 aromatic heterocycles. The SMILES string of the molecule is C=CCOC(=O)c1sc(N2C(=O)C(=O)C(=C(O)c3nc4c(C)cccn4c3C)C2c2ccc(C)cc2)nc1C. The number of anilines is 1. The molecule has 0 bridgehead atoms. The molecule has 1 N–H and O–H groups in total. The van der Waals surface area contributed by atoms with Crippen LogP contribution in [0.25, 0.3) is 11.4 Å². The van der Waals surface area contributed by atoms with Crippen molar-refractivity contribution in [1.82, 2.24) is 14.4 Å². The van der Waals surface area contributed by atoms with E-state index in [1.165, 1.54) is 11.0 Å². The monoisotopic (exact) mass is 542 g/mol. The highest BCUT2D eigenvalue weighted by molar-refractivity contribution is 7.17. The van der Waals surface area contributed by atoms with Gasteiger partial charge in [-0.15, -0.1) is 0 Å². The van der Waals surface area contributed by atoms with Gasteiger partial charge >= 0.3 is 11.9 Å². The van der Waals surface area contributed by atoms with Crippen LogP contribution in [0.4, 0.5) is 5.13 Å². The Labute approximate surface area is 228 Å². The number of aromatic nitrogens is 3. The van der Waals surface area contributed by atoms with Gasteiger partial charge in [0, 0.05) is 6.20 Å². The number of esters is 1. The lowest BCUT2D eigenvalue weighted by molar-refractivity contribution is -0.132. The second kappa shape index (κ2) is 9.95. The summed E-state index contributed by atoms with van der Waals surface area (Å²) in [6.07, 6.45) is 3.27. The smallest absolute Gasteiger partial charge is 0.350 e. The number of imidazole rings is 1. The van der Waals surface area contributed by atoms with Crippen LogP contribution >= 0.6 is 11.3 Å². The van der Waals surface area contributed by atoms with Crippen LogP contribution in [0.15, 0.2) is 60.8 Å². The molecule has 10 heteroatoms. The number of hydrogen-bond donors (Lipinski definition) is 1. The van der Waals surface area contributed by atoms with Crippen LogP contribution in [0.2, 0.25) is 0 Å². The first-order valence-corrected chi connectivity index (χ1v) is 13.0. The molecule has 1 amide bonds. The molecule has 0 saturated carbocycles. The summed E-state index contributed by atoms with van der Waals surface area (Å²) in [6, 6.07) is 10.1. The summed E-state index contributed by atoms with van der Waals surface area (Å²) in [5.41, 5.74) is 4.21. The zero-order chi connectivity index (χ0) is 28.0. The van der Waals surface area contributed by atoms with Gasteiger partial charge in [-0.2, -0.15) is 0 Å². The largest absolute Gasteiger partial charge is 0.505 e. The molecular formula is C29H26N4O5S. The molecule has 1 atom stereocenters. The number of benzene rings is 1. The number of fused-ring (bicyclic) bond motifs is 1. The first kappa shape index (κ1) is 26.1. The summed E-state index contributed by atoms with van der Waals surface area (Å²) < 4.78 is 6.98. The van der Waals surface area contributed by atoms with E-state index in [-0.39, 0.29) is 33.6 Å². The van der Waals surface area contributed by atoms with Crippen molar-refractivity contribution >= 4 is 45.5 Å². The fourth-order valence-corrected chi connectivity index (χ4v) is 5.63. The summed E-state index contributed by atoms with van der Waals surface area (Å²) in [7, 11) is 0. The van der Waals surface area contributed by atoms with E-state index in [4.69, 9.17) is 4.74 Å². The van der Waals surface area contributed by atoms with Crippen LogP contribution in [-0.2, 0) is 14.3 Å². The fourth-order valence-electron chi connectivity index (χ4n) is 4.64. The number of thiazole rings is 1. The van der Waals surface area contributed by atoms with Gasteiger partial charge < -0.3 is 14.2 Å². The Morgan fingerprint density at radius 1 is 1.13 bits per heavy atom. The standard InChI is InChI=1S/C29H26N4O5S/c1-6-14-38-28(37)25-17(4)30-29(39-25)33-22(19-11-9-15(2)10-12-19)20(24(35)27(33)36)23(34)21-18(5)32-13-7-8-16(3)26(32)31-21/h6-13,22,34H,1,14H2,2-5H3. The van der Waals surface area contributed by atoms with E-state index in [0.717, 1.165) is 22.5 Å². The number of ether oxygens (including phenoxy) is 1. The Bertz CT molecular complexity index is 1700. The minimum Gasteiger partial charge on any atom is -0.505 e. The molecule has 0 spiro atoms. The van der Waals surface area contributed by atoms with Crippen molar-refractivity contribution in [2.24, 2.45) is 0 Å². The van der Waals surface area contributed by atoms with Crippen molar-refractivity contribution in [3.05, 3.63) is 99.5 Å². The van der Waals surface area contributed by atoms with E-state index in [1.54, 1.807) is 26.0 Å². The number of Topliss-reactive ketones (excluding diaryl/α,β-unsaturated/α-hetero) is 1. The highest BCUT2D eigenvalue weighted by Crippen LogP contribution is 2.44. The first-order valence-electron chi connectivity index (χ1n) is 12.2. The summed E-state index contributed by atoms with van der Waals surface area (Å²) in [5, 5.41) is 11.7. The van der Waals surface area contributed by atoms with Gasteiger partial charge in [0.15, 0.2) is 10.9 Å². The topological polar surface area (TPSA) is 114 Å². The van der Waals surface area contributed by atoms with Crippen LogP contribution in [0.3, 0.4) is 0 Å². The Hall–Kier alpha value is -4.57. The molecule has 39 heavy (non-hydrogen) atoms. The molecule has 1 fully saturated rings. The number of pyridine rings is 1. The quantitative estimate of drug-likeness (QED) is 0.120. The lowest BCUT2D eigenvalue weighted by Crippen LogP contribution is -2.29. The molecule has 1 aromatic carbocycles. The fraction of sp³-hybridized carbons (Fsp3) is 0.207. The molecular weight excluding hydrogens is 516 g/mol. The van der Waals surface area contributed by atoms with Gasteiger partial charge in [-0.1, -0.05) is 59.9 Å². The number of hydrogen-bond acceptors (Lipinski definition) is 8. The normalized spacial score (nSPS) is 16.7. The number of aliphatic hydroxyl groups is 1. The Morgan fingerprint density at radius 2 is 1.85 bits per heavy atom. The minimum absolute atomic E-state index is 0.0250. The predicted molar refractivity (Wildman–Crippen MR) is 148 cm³/mol. The van der Waals surface area contributed by atoms with Crippen LogP contribution in [-0.4, -0.2) is 43.7 Å². The average Bonchev–Trinajstić information content (AvgIpc) is 3.55. The molecule has 4 aromatic rings. The van der Waals surface area contributed by atoms with E-state index in [9.17, 15) is 19.5 Å². The van der Waals surface area contributed by atoms with Crippen molar-refractivity contribution in [1.29, 1.82) is 0 Å². The highest BCUT2D eigenvalue weighted by atomic mass is 32.1. The second-order valence-electron chi connectivity index (χ2n) is 9.31. The van der Waals surface area contributed by atoms with E-state index in [2.05, 4.69) is 16.5 Å². The first-order chi connectivity index (χ1) is 18.6. The maximum absolute atomic E-state index is 13.5. The number of aryl methyl sites for hydroxylation is 4. The number of aliphatic hydroxyl groups excluding tert-OH is 1. The summed E-state index contributed by atoms with van der Waals surface area (Å²) >= 11 is 0.950. The zero-order valence-electron chi connectivity index (χ0n) is 21.9. The van der Waals surface area contributed by atoms with E-state index in [1.807, 2.05) is 48.7 Å². The molecule has 1 saturated heterocycles. The van der Waals surface area contributed by atoms with Crippen LogP contribution in [0, 0.1) is 27.7 Å². The molecule has 198 valence electrons. The second-order valence-corrected chi connectivity index (χ2v) is 10.3. The van der Waals surface area contributed by atoms with Gasteiger partial charge in [-0.3, -0.25) is 14.5 Å². The number of rotatable bonds is 6. The van der Waals surface area contributed by atoms with Crippen molar-refractivity contribution in [3.8, 4) is 0 Å². The molecule has 1 aliphatic heterocycles. The van der Waals surface area contributed by atoms with Gasteiger partial charge in [-0.25, -0.2) is 14.8 Å². The predicted octanol–water partition coefficient (Wildman–Crippen LogP) is 4.99. The maximum Gasteiger partial charge on any atom is 0.350 e. The number of carbonyl (C=O) groups is 3. The van der Waals surface area contributed by atoms with Crippen LogP contribution in [0.1, 0.15) is 49.5 Å². The summed E-state index contributed by atoms with van der Waals surface area (Å²) in [4.78, 5) is 50.1. The summed E-state index contributed by atoms with van der Waals surface area (Å²) in [6.45, 7) is 10.8. The van der Waals surface area contributed by atoms with Gasteiger partial charge in [0.05, 0.1) is 23.0 Å². The van der Waals surface area contributed by atoms with Crippen LogP contribution < -0.4 is 4.90 Å². The third-order valence-electron chi connectivity index (χ3n) is 6.65. The molecule has 4 heterocycles. The van der Waals surface area contributed by atoms with Crippen molar-refractivity contribution < 1.29 is 24.2 Å². The molecule has 5 rings (SSSR count). The van der Waals surface area contributed by atoms with E-state index in [0.29, 0.717) is 22.6 Å². The minimum atomic E-state index is -0.987. The van der Waals surface area contributed by atoms with Gasteiger partial charge in [0.1, 0.15) is 22.8 Å². The van der Waals surface area contributed by atoms with Gasteiger partial charge in [0.2, 0.25) is 0 Å². The summed E-state index contributed by atoms with van der Waals surface area (Å²) in [5.74, 6) is -2.70. The molecule has 0 radical (unpaired) electrons. The average molecular weight is 543 g/mol. The van der Waals surface area contributed by atoms with Gasteiger partial charge in [0.25, 0.3) is 5.78 Å². The number of carbonyl (C=O) groups excluding carboxylic acids is 3. The zero-order valence-corrected chi connectivity index (χ0v) is 22.7. The van der Waals surface area contributed by atoms with E-state index >= 15 is 0 Å². The Balaban J connectivity index is 1.71. The van der Waals surface area contributed by atoms with Crippen molar-refractivity contribution in [2.45, 2.75) is 33.7 Å². The lowest BCUT2D eigenvalue weighted by atomic mass is 9.96. The van der Waals surface area contributed by atoms with Crippen LogP contribution in [0.5, 0.6) is 0 Å². The number of ketones is 1. The van der Waals surface area contributed by atoms with Crippen molar-refractivity contribution in [2.75, 3.05) is 11.5 Å². The molecule has 0 aliphatic carbocycles. The molecule has 1 unspecified atom stereocenters. The third-order valence-corrected chi connectivity index (χ3v) is 7.79. The Morgan fingerprint density at radius 3 is 2.51 bits per heavy atom. The number of nitrogens with zero attached hydrogens (tertiary/aromatic N) is 4. The number of amides is 1. The van der Waals surface area contributed by atoms with Crippen molar-refractivity contribution in [3.63, 3.8) is 0 Å². The highest BCUT2D eigenvalue weighted by Gasteiger charge is 2.49. The van der Waals surface area contributed by atoms with Gasteiger partial charge in [-0.05, 0) is 44.9 Å². The van der Waals surface area contributed by atoms with E-state index < -0.39 is 23.7 Å². The molecule has 9 nitrogen and oxygen atoms in total. The third kappa shape index (κ3) is 4.32. The maximum atomic E-state index is 13.5. The Kier molecular flexibility index (Phi) is 6.65.